The highest BCUT2D eigenvalue weighted by atomic mass is 32.2. The second-order valence-electron chi connectivity index (χ2n) is 9.48. The summed E-state index contributed by atoms with van der Waals surface area (Å²) in [4.78, 5) is 24.5. The molecule has 8 nitrogen and oxygen atoms in total. The van der Waals surface area contributed by atoms with Crippen LogP contribution in [0.2, 0.25) is 0 Å². The van der Waals surface area contributed by atoms with Crippen molar-refractivity contribution in [2.45, 2.75) is 62.9 Å². The maximum atomic E-state index is 15.8. The van der Waals surface area contributed by atoms with Crippen molar-refractivity contribution in [3.05, 3.63) is 46.5 Å². The average molecular weight is 474 g/mol. The molecule has 0 unspecified atom stereocenters. The fourth-order valence-electron chi connectivity index (χ4n) is 4.59. The van der Waals surface area contributed by atoms with Gasteiger partial charge >= 0.3 is 5.69 Å². The van der Waals surface area contributed by atoms with E-state index in [2.05, 4.69) is 28.8 Å². The molecule has 1 N–H and O–H groups in total. The molecule has 1 saturated heterocycles. The lowest BCUT2D eigenvalue weighted by Gasteiger charge is -2.35. The zero-order valence-electron chi connectivity index (χ0n) is 18.8. The fourth-order valence-corrected chi connectivity index (χ4v) is 6.43. The van der Waals surface area contributed by atoms with Crippen molar-refractivity contribution >= 4 is 21.2 Å². The second kappa shape index (κ2) is 8.02. The van der Waals surface area contributed by atoms with Crippen molar-refractivity contribution in [3.63, 3.8) is 0 Å². The molecule has 1 aromatic carbocycles. The normalized spacial score (nSPS) is 19.4. The highest BCUT2D eigenvalue weighted by molar-refractivity contribution is 7.90. The molecule has 5 rings (SSSR count). The van der Waals surface area contributed by atoms with Crippen LogP contribution in [-0.4, -0.2) is 56.3 Å². The lowest BCUT2D eigenvalue weighted by atomic mass is 9.94. The molecule has 176 valence electrons. The molecule has 33 heavy (non-hydrogen) atoms. The molecule has 0 bridgehead atoms. The molecule has 1 aliphatic carbocycles. The Morgan fingerprint density at radius 1 is 1.21 bits per heavy atom. The van der Waals surface area contributed by atoms with Crippen LogP contribution in [-0.2, 0) is 16.6 Å². The summed E-state index contributed by atoms with van der Waals surface area (Å²) in [7, 11) is -3.32. The standard InChI is InChI=1S/C23H28FN5O3S/c1-15(2)17-5-3-4-6-18(17)20-25-13-19-21(27-20)29(22(30)26-19)14-23(24)9-11-28(12-10-23)33(31,32)16-7-8-16/h3-6,13,15-16H,7-12,14H2,1-2H3,(H,26,30). The molecule has 1 aliphatic heterocycles. The van der Waals surface area contributed by atoms with E-state index >= 15 is 4.39 Å². The van der Waals surface area contributed by atoms with Crippen LogP contribution >= 0.6 is 0 Å². The molecular formula is C23H28FN5O3S. The summed E-state index contributed by atoms with van der Waals surface area (Å²) < 4.78 is 43.5. The molecule has 0 amide bonds. The van der Waals surface area contributed by atoms with Crippen LogP contribution < -0.4 is 5.69 Å². The van der Waals surface area contributed by atoms with Gasteiger partial charge in [-0.1, -0.05) is 38.1 Å². The summed E-state index contributed by atoms with van der Waals surface area (Å²) in [5, 5.41) is -0.301. The van der Waals surface area contributed by atoms with Gasteiger partial charge in [0.1, 0.15) is 11.2 Å². The van der Waals surface area contributed by atoms with E-state index in [0.717, 1.165) is 11.1 Å². The van der Waals surface area contributed by atoms with Gasteiger partial charge in [0.15, 0.2) is 11.5 Å². The minimum absolute atomic E-state index is 0.0478. The van der Waals surface area contributed by atoms with Crippen LogP contribution in [0.4, 0.5) is 4.39 Å². The highest BCUT2D eigenvalue weighted by Gasteiger charge is 2.44. The predicted molar refractivity (Wildman–Crippen MR) is 124 cm³/mol. The first-order valence-electron chi connectivity index (χ1n) is 11.4. The second-order valence-corrected chi connectivity index (χ2v) is 11.7. The molecule has 3 aromatic rings. The summed E-state index contributed by atoms with van der Waals surface area (Å²) >= 11 is 0. The van der Waals surface area contributed by atoms with Gasteiger partial charge in [0.25, 0.3) is 0 Å². The fraction of sp³-hybridized carbons (Fsp3) is 0.522. The van der Waals surface area contributed by atoms with Gasteiger partial charge in [0.2, 0.25) is 10.0 Å². The van der Waals surface area contributed by atoms with Crippen molar-refractivity contribution in [2.75, 3.05) is 13.1 Å². The van der Waals surface area contributed by atoms with Crippen LogP contribution in [0.15, 0.2) is 35.3 Å². The van der Waals surface area contributed by atoms with Crippen molar-refractivity contribution < 1.29 is 12.8 Å². The Labute approximate surface area is 191 Å². The number of nitrogens with zero attached hydrogens (tertiary/aromatic N) is 4. The number of rotatable bonds is 6. The first kappa shape index (κ1) is 22.2. The number of aromatic amines is 1. The largest absolute Gasteiger partial charge is 0.327 e. The Balaban J connectivity index is 1.44. The first-order valence-corrected chi connectivity index (χ1v) is 12.9. The average Bonchev–Trinajstić information content (AvgIpc) is 3.60. The lowest BCUT2D eigenvalue weighted by Crippen LogP contribution is -2.48. The number of benzene rings is 1. The number of hydrogen-bond acceptors (Lipinski definition) is 5. The number of aromatic nitrogens is 4. The van der Waals surface area contributed by atoms with E-state index in [0.29, 0.717) is 29.8 Å². The first-order chi connectivity index (χ1) is 15.7. The third kappa shape index (κ3) is 4.10. The van der Waals surface area contributed by atoms with Gasteiger partial charge in [-0.05, 0) is 37.2 Å². The molecule has 2 aliphatic rings. The van der Waals surface area contributed by atoms with Gasteiger partial charge in [0, 0.05) is 18.7 Å². The number of imidazole rings is 1. The van der Waals surface area contributed by atoms with Gasteiger partial charge in [-0.15, -0.1) is 0 Å². The van der Waals surface area contributed by atoms with Gasteiger partial charge in [-0.25, -0.2) is 31.9 Å². The molecule has 0 spiro atoms. The molecule has 3 heterocycles. The molecular weight excluding hydrogens is 445 g/mol. The lowest BCUT2D eigenvalue weighted by molar-refractivity contribution is 0.0701. The monoisotopic (exact) mass is 473 g/mol. The minimum atomic E-state index is -3.32. The molecule has 0 atom stereocenters. The summed E-state index contributed by atoms with van der Waals surface area (Å²) in [5.41, 5.74) is 0.640. The van der Waals surface area contributed by atoms with Crippen molar-refractivity contribution in [2.24, 2.45) is 0 Å². The van der Waals surface area contributed by atoms with Crippen molar-refractivity contribution in [1.82, 2.24) is 23.8 Å². The third-order valence-corrected chi connectivity index (χ3v) is 9.10. The molecule has 2 fully saturated rings. The number of halogens is 1. The van der Waals surface area contributed by atoms with E-state index < -0.39 is 21.4 Å². The Kier molecular flexibility index (Phi) is 5.40. The Morgan fingerprint density at radius 3 is 2.58 bits per heavy atom. The van der Waals surface area contributed by atoms with Gasteiger partial charge in [-0.3, -0.25) is 4.57 Å². The van der Waals surface area contributed by atoms with Gasteiger partial charge < -0.3 is 4.98 Å². The van der Waals surface area contributed by atoms with E-state index in [4.69, 9.17) is 0 Å². The Hall–Kier alpha value is -2.59. The summed E-state index contributed by atoms with van der Waals surface area (Å²) in [6.45, 7) is 4.27. The smallest absolute Gasteiger partial charge is 0.303 e. The van der Waals surface area contributed by atoms with E-state index in [1.54, 1.807) is 6.20 Å². The Morgan fingerprint density at radius 2 is 1.91 bits per heavy atom. The van der Waals surface area contributed by atoms with Gasteiger partial charge in [-0.2, -0.15) is 0 Å². The number of H-pyrrole nitrogens is 1. The summed E-state index contributed by atoms with van der Waals surface area (Å²) in [6.07, 6.45) is 3.03. The number of alkyl halides is 1. The maximum absolute atomic E-state index is 15.8. The zero-order valence-corrected chi connectivity index (χ0v) is 19.6. The van der Waals surface area contributed by atoms with Gasteiger partial charge in [0.05, 0.1) is 18.0 Å². The van der Waals surface area contributed by atoms with Crippen molar-refractivity contribution in [1.29, 1.82) is 0 Å². The van der Waals surface area contributed by atoms with E-state index in [-0.39, 0.29) is 43.6 Å². The third-order valence-electron chi connectivity index (χ3n) is 6.70. The highest BCUT2D eigenvalue weighted by Crippen LogP contribution is 2.36. The summed E-state index contributed by atoms with van der Waals surface area (Å²) in [5.74, 6) is 0.748. The molecule has 2 aromatic heterocycles. The van der Waals surface area contributed by atoms with Crippen LogP contribution in [0.25, 0.3) is 22.6 Å². The van der Waals surface area contributed by atoms with Crippen LogP contribution in [0.3, 0.4) is 0 Å². The van der Waals surface area contributed by atoms with E-state index in [9.17, 15) is 13.2 Å². The van der Waals surface area contributed by atoms with E-state index in [1.165, 1.54) is 8.87 Å². The molecule has 0 radical (unpaired) electrons. The molecule has 10 heteroatoms. The van der Waals surface area contributed by atoms with E-state index in [1.807, 2.05) is 24.3 Å². The van der Waals surface area contributed by atoms with Crippen molar-refractivity contribution in [3.8, 4) is 11.4 Å². The predicted octanol–water partition coefficient (Wildman–Crippen LogP) is 3.21. The quantitative estimate of drug-likeness (QED) is 0.593. The van der Waals surface area contributed by atoms with Crippen LogP contribution in [0.1, 0.15) is 51.0 Å². The topological polar surface area (TPSA) is 101 Å². The zero-order chi connectivity index (χ0) is 23.4. The summed E-state index contributed by atoms with van der Waals surface area (Å²) in [6, 6.07) is 7.85. The number of hydrogen-bond donors (Lipinski definition) is 1. The number of nitrogens with one attached hydrogen (secondary N) is 1. The number of fused-ring (bicyclic) bond motifs is 1. The Bertz CT molecular complexity index is 1350. The van der Waals surface area contributed by atoms with Crippen LogP contribution in [0, 0.1) is 0 Å². The van der Waals surface area contributed by atoms with Crippen LogP contribution in [0.5, 0.6) is 0 Å². The number of piperidine rings is 1. The molecule has 1 saturated carbocycles. The SMILES string of the molecule is CC(C)c1ccccc1-c1ncc2[nH]c(=O)n(CC3(F)CCN(S(=O)(=O)C4CC4)CC3)c2n1. The maximum Gasteiger partial charge on any atom is 0.327 e. The minimum Gasteiger partial charge on any atom is -0.303 e. The number of sulfonamides is 1.